The molecule has 1 unspecified atom stereocenters. The Morgan fingerprint density at radius 3 is 2.73 bits per heavy atom. The highest BCUT2D eigenvalue weighted by Crippen LogP contribution is 2.41. The first-order valence-corrected chi connectivity index (χ1v) is 8.73. The van der Waals surface area contributed by atoms with Gasteiger partial charge in [0.05, 0.1) is 0 Å². The highest BCUT2D eigenvalue weighted by molar-refractivity contribution is 6.30. The van der Waals surface area contributed by atoms with E-state index in [1.54, 1.807) is 0 Å². The van der Waals surface area contributed by atoms with Crippen molar-refractivity contribution in [1.82, 2.24) is 10.6 Å². The van der Waals surface area contributed by atoms with Gasteiger partial charge in [-0.2, -0.15) is 0 Å². The van der Waals surface area contributed by atoms with Gasteiger partial charge in [-0.25, -0.2) is 0 Å². The van der Waals surface area contributed by atoms with Gasteiger partial charge in [0, 0.05) is 22.9 Å². The van der Waals surface area contributed by atoms with Gasteiger partial charge >= 0.3 is 0 Å². The third-order valence-corrected chi connectivity index (χ3v) is 5.77. The van der Waals surface area contributed by atoms with Crippen LogP contribution in [0, 0.1) is 11.8 Å². The molecule has 1 saturated heterocycles. The average Bonchev–Trinajstić information content (AvgIpc) is 2.93. The molecule has 0 radical (unpaired) electrons. The summed E-state index contributed by atoms with van der Waals surface area (Å²) in [6.07, 6.45) is 4.72. The van der Waals surface area contributed by atoms with E-state index in [0.29, 0.717) is 5.92 Å². The fourth-order valence-electron chi connectivity index (χ4n) is 3.73. The Labute approximate surface area is 137 Å². The van der Waals surface area contributed by atoms with E-state index in [4.69, 9.17) is 11.6 Å². The summed E-state index contributed by atoms with van der Waals surface area (Å²) < 4.78 is 0. The molecule has 3 rings (SSSR count). The minimum absolute atomic E-state index is 0.0676. The summed E-state index contributed by atoms with van der Waals surface area (Å²) in [6, 6.07) is 8.15. The van der Waals surface area contributed by atoms with Crippen molar-refractivity contribution in [2.45, 2.75) is 38.0 Å². The molecule has 0 bridgehead atoms. The summed E-state index contributed by atoms with van der Waals surface area (Å²) in [4.78, 5) is 12.4. The number of carbonyl (C=O) groups excluding carboxylic acids is 1. The molecule has 2 fully saturated rings. The molecule has 22 heavy (non-hydrogen) atoms. The molecule has 0 spiro atoms. The summed E-state index contributed by atoms with van der Waals surface area (Å²) in [7, 11) is 0. The molecular formula is C18H25ClN2O. The van der Waals surface area contributed by atoms with Crippen LogP contribution in [0.15, 0.2) is 24.3 Å². The maximum Gasteiger partial charge on any atom is 0.223 e. The van der Waals surface area contributed by atoms with Crippen molar-refractivity contribution in [2.75, 3.05) is 19.6 Å². The second kappa shape index (κ2) is 6.59. The van der Waals surface area contributed by atoms with E-state index in [1.807, 2.05) is 19.1 Å². The van der Waals surface area contributed by atoms with Crippen LogP contribution in [0.1, 0.15) is 38.2 Å². The fraction of sp³-hybridized carbons (Fsp3) is 0.611. The molecule has 1 aromatic carbocycles. The van der Waals surface area contributed by atoms with Crippen molar-refractivity contribution in [3.05, 3.63) is 34.9 Å². The lowest BCUT2D eigenvalue weighted by Gasteiger charge is -2.34. The summed E-state index contributed by atoms with van der Waals surface area (Å²) in [5.41, 5.74) is 1.34. The molecule has 3 nitrogen and oxygen atoms in total. The van der Waals surface area contributed by atoms with Gasteiger partial charge in [-0.15, -0.1) is 0 Å². The van der Waals surface area contributed by atoms with Crippen LogP contribution in [0.5, 0.6) is 0 Å². The third kappa shape index (κ3) is 3.16. The van der Waals surface area contributed by atoms with E-state index < -0.39 is 0 Å². The predicted molar refractivity (Wildman–Crippen MR) is 90.1 cm³/mol. The van der Waals surface area contributed by atoms with E-state index in [9.17, 15) is 4.79 Å². The van der Waals surface area contributed by atoms with Crippen LogP contribution in [-0.4, -0.2) is 25.5 Å². The minimum atomic E-state index is 0.0676. The highest BCUT2D eigenvalue weighted by atomic mass is 35.5. The van der Waals surface area contributed by atoms with Crippen LogP contribution in [0.25, 0.3) is 0 Å². The monoisotopic (exact) mass is 320 g/mol. The molecular weight excluding hydrogens is 296 g/mol. The smallest absolute Gasteiger partial charge is 0.223 e. The van der Waals surface area contributed by atoms with E-state index in [0.717, 1.165) is 37.5 Å². The Kier molecular flexibility index (Phi) is 4.74. The van der Waals surface area contributed by atoms with Gasteiger partial charge in [0.25, 0.3) is 0 Å². The van der Waals surface area contributed by atoms with Gasteiger partial charge in [-0.1, -0.05) is 43.5 Å². The van der Waals surface area contributed by atoms with Gasteiger partial charge in [0.2, 0.25) is 5.91 Å². The van der Waals surface area contributed by atoms with Crippen molar-refractivity contribution < 1.29 is 4.79 Å². The van der Waals surface area contributed by atoms with Crippen LogP contribution in [0.2, 0.25) is 5.02 Å². The Morgan fingerprint density at radius 1 is 1.41 bits per heavy atom. The Balaban J connectivity index is 1.68. The number of hydrogen-bond acceptors (Lipinski definition) is 2. The summed E-state index contributed by atoms with van der Waals surface area (Å²) in [5.74, 6) is 0.782. The molecule has 1 amide bonds. The first-order valence-electron chi connectivity index (χ1n) is 8.35. The molecule has 1 saturated carbocycles. The molecule has 2 aliphatic rings. The largest absolute Gasteiger partial charge is 0.355 e. The fourth-order valence-corrected chi connectivity index (χ4v) is 3.92. The Morgan fingerprint density at radius 2 is 2.14 bits per heavy atom. The molecule has 1 aliphatic carbocycles. The third-order valence-electron chi connectivity index (χ3n) is 5.53. The van der Waals surface area contributed by atoms with Gasteiger partial charge in [0.1, 0.15) is 0 Å². The van der Waals surface area contributed by atoms with Crippen LogP contribution in [-0.2, 0) is 10.2 Å². The number of rotatable bonds is 5. The van der Waals surface area contributed by atoms with Crippen molar-refractivity contribution >= 4 is 17.5 Å². The number of nitrogens with one attached hydrogen (secondary N) is 2. The van der Waals surface area contributed by atoms with E-state index in [-0.39, 0.29) is 17.2 Å². The van der Waals surface area contributed by atoms with Crippen LogP contribution >= 0.6 is 11.6 Å². The van der Waals surface area contributed by atoms with Crippen molar-refractivity contribution in [3.8, 4) is 0 Å². The van der Waals surface area contributed by atoms with Gasteiger partial charge in [0.15, 0.2) is 0 Å². The number of amides is 1. The molecule has 1 aliphatic heterocycles. The van der Waals surface area contributed by atoms with Crippen molar-refractivity contribution in [1.29, 1.82) is 0 Å². The molecule has 4 heteroatoms. The summed E-state index contributed by atoms with van der Waals surface area (Å²) in [5, 5.41) is 7.24. The molecule has 1 aromatic rings. The number of benzene rings is 1. The number of hydrogen-bond donors (Lipinski definition) is 2. The zero-order valence-electron chi connectivity index (χ0n) is 13.2. The Bertz CT molecular complexity index is 536. The maximum absolute atomic E-state index is 12.4. The lowest BCUT2D eigenvalue weighted by Crippen LogP contribution is -2.51. The first-order chi connectivity index (χ1) is 10.6. The first kappa shape index (κ1) is 15.8. The second-order valence-electron chi connectivity index (χ2n) is 6.92. The molecule has 1 atom stereocenters. The normalized spacial score (nSPS) is 22.1. The lowest BCUT2D eigenvalue weighted by atomic mass is 9.78. The van der Waals surface area contributed by atoms with Crippen molar-refractivity contribution in [2.24, 2.45) is 11.8 Å². The summed E-state index contributed by atoms with van der Waals surface area (Å²) >= 11 is 6.17. The highest BCUT2D eigenvalue weighted by Gasteiger charge is 2.37. The van der Waals surface area contributed by atoms with Gasteiger partial charge < -0.3 is 10.6 Å². The standard InChI is InChI=1S/C18H25ClN2O/c1-13(14-10-20-11-14)17(22)21-12-18(7-2-3-8-18)15-5-4-6-16(19)9-15/h4-6,9,13-14,20H,2-3,7-8,10-12H2,1H3,(H,21,22). The quantitative estimate of drug-likeness (QED) is 0.875. The van der Waals surface area contributed by atoms with Crippen LogP contribution in [0.4, 0.5) is 0 Å². The Hall–Kier alpha value is -1.06. The average molecular weight is 321 g/mol. The second-order valence-corrected chi connectivity index (χ2v) is 7.36. The van der Waals surface area contributed by atoms with Gasteiger partial charge in [-0.05, 0) is 49.5 Å². The van der Waals surface area contributed by atoms with Crippen LogP contribution < -0.4 is 10.6 Å². The molecule has 1 heterocycles. The SMILES string of the molecule is CC(C(=O)NCC1(c2cccc(Cl)c2)CCCC1)C1CNC1. The maximum atomic E-state index is 12.4. The van der Waals surface area contributed by atoms with E-state index in [2.05, 4.69) is 22.8 Å². The van der Waals surface area contributed by atoms with E-state index >= 15 is 0 Å². The number of halogens is 1. The lowest BCUT2D eigenvalue weighted by molar-refractivity contribution is -0.127. The van der Waals surface area contributed by atoms with Crippen molar-refractivity contribution in [3.63, 3.8) is 0 Å². The minimum Gasteiger partial charge on any atom is -0.355 e. The topological polar surface area (TPSA) is 41.1 Å². The van der Waals surface area contributed by atoms with Gasteiger partial charge in [-0.3, -0.25) is 4.79 Å². The number of carbonyl (C=O) groups is 1. The van der Waals surface area contributed by atoms with Crippen LogP contribution in [0.3, 0.4) is 0 Å². The molecule has 0 aromatic heterocycles. The summed E-state index contributed by atoms with van der Waals surface area (Å²) in [6.45, 7) is 4.71. The zero-order chi connectivity index (χ0) is 15.6. The molecule has 2 N–H and O–H groups in total. The molecule has 120 valence electrons. The zero-order valence-corrected chi connectivity index (χ0v) is 14.0. The van der Waals surface area contributed by atoms with E-state index in [1.165, 1.54) is 18.4 Å². The predicted octanol–water partition coefficient (Wildman–Crippen LogP) is 3.12.